The van der Waals surface area contributed by atoms with Crippen molar-refractivity contribution in [2.45, 2.75) is 6.18 Å². The van der Waals surface area contributed by atoms with Gasteiger partial charge in [0, 0.05) is 0 Å². The third kappa shape index (κ3) is 2.29. The molecule has 0 saturated heterocycles. The van der Waals surface area contributed by atoms with Crippen LogP contribution in [-0.2, 0) is 11.0 Å². The van der Waals surface area contributed by atoms with Crippen LogP contribution in [0.2, 0.25) is 0 Å². The molecular weight excluding hydrogens is 283 g/mol. The quantitative estimate of drug-likeness (QED) is 0.817. The van der Waals surface area contributed by atoms with Gasteiger partial charge in [0.05, 0.1) is 16.8 Å². The Hall–Kier alpha value is -2.63. The zero-order valence-corrected chi connectivity index (χ0v) is 10.5. The molecule has 1 amide bonds. The van der Waals surface area contributed by atoms with Crippen molar-refractivity contribution in [1.29, 1.82) is 0 Å². The Bertz CT molecular complexity index is 766. The highest BCUT2D eigenvalue weighted by Crippen LogP contribution is 2.34. The van der Waals surface area contributed by atoms with Gasteiger partial charge < -0.3 is 5.32 Å². The summed E-state index contributed by atoms with van der Waals surface area (Å²) < 4.78 is 38.1. The predicted molar refractivity (Wildman–Crippen MR) is 69.8 cm³/mol. The molecule has 1 heterocycles. The Morgan fingerprint density at radius 3 is 2.33 bits per heavy atom. The van der Waals surface area contributed by atoms with Gasteiger partial charge in [-0.25, -0.2) is 0 Å². The normalized spacial score (nSPS) is 14.0. The molecule has 21 heavy (non-hydrogen) atoms. The van der Waals surface area contributed by atoms with Crippen LogP contribution in [0.15, 0.2) is 42.5 Å². The fraction of sp³-hybridized carbons (Fsp3) is 0.0667. The van der Waals surface area contributed by atoms with Crippen molar-refractivity contribution in [3.63, 3.8) is 0 Å². The number of halogens is 3. The van der Waals surface area contributed by atoms with Gasteiger partial charge in [-0.15, -0.1) is 0 Å². The summed E-state index contributed by atoms with van der Waals surface area (Å²) in [6.45, 7) is 0. The first kappa shape index (κ1) is 13.4. The molecule has 0 spiro atoms. The summed E-state index contributed by atoms with van der Waals surface area (Å²) in [6.07, 6.45) is -4.43. The molecule has 0 radical (unpaired) electrons. The number of hydrogen-bond acceptors (Lipinski definition) is 2. The van der Waals surface area contributed by atoms with Crippen LogP contribution in [-0.4, -0.2) is 11.7 Å². The average molecular weight is 291 g/mol. The fourth-order valence-corrected chi connectivity index (χ4v) is 2.20. The van der Waals surface area contributed by atoms with E-state index in [1.807, 2.05) is 0 Å². The van der Waals surface area contributed by atoms with Crippen LogP contribution in [0.3, 0.4) is 0 Å². The second-order valence-electron chi connectivity index (χ2n) is 4.62. The summed E-state index contributed by atoms with van der Waals surface area (Å²) in [7, 11) is 0. The number of nitrogens with one attached hydrogen (secondary N) is 1. The van der Waals surface area contributed by atoms with E-state index in [9.17, 15) is 22.8 Å². The molecule has 0 saturated carbocycles. The van der Waals surface area contributed by atoms with E-state index in [1.54, 1.807) is 6.07 Å². The molecule has 0 atom stereocenters. The van der Waals surface area contributed by atoms with Gasteiger partial charge in [0.1, 0.15) is 0 Å². The molecule has 1 N–H and O–H groups in total. The van der Waals surface area contributed by atoms with E-state index < -0.39 is 23.4 Å². The van der Waals surface area contributed by atoms with E-state index in [0.717, 1.165) is 12.1 Å². The molecule has 0 bridgehead atoms. The molecule has 0 aromatic heterocycles. The average Bonchev–Trinajstić information content (AvgIpc) is 2.73. The van der Waals surface area contributed by atoms with Gasteiger partial charge in [-0.1, -0.05) is 18.2 Å². The topological polar surface area (TPSA) is 46.2 Å². The first-order valence-electron chi connectivity index (χ1n) is 6.03. The van der Waals surface area contributed by atoms with Crippen LogP contribution in [0.4, 0.5) is 18.9 Å². The zero-order valence-electron chi connectivity index (χ0n) is 10.5. The van der Waals surface area contributed by atoms with Crippen LogP contribution in [0.25, 0.3) is 11.1 Å². The molecule has 0 unspecified atom stereocenters. The maximum Gasteiger partial charge on any atom is 0.416 e. The number of rotatable bonds is 1. The molecule has 0 aliphatic carbocycles. The second-order valence-corrected chi connectivity index (χ2v) is 4.62. The van der Waals surface area contributed by atoms with E-state index in [1.165, 1.54) is 24.3 Å². The number of ketones is 1. The Morgan fingerprint density at radius 2 is 1.62 bits per heavy atom. The number of Topliss-reactive ketones (excluding diaryl/α,β-unsaturated/α-hetero) is 1. The number of carbonyl (C=O) groups is 2. The van der Waals surface area contributed by atoms with Gasteiger partial charge in [0.2, 0.25) is 0 Å². The third-order valence-corrected chi connectivity index (χ3v) is 3.24. The fourth-order valence-electron chi connectivity index (χ4n) is 2.20. The van der Waals surface area contributed by atoms with E-state index in [-0.39, 0.29) is 5.56 Å². The van der Waals surface area contributed by atoms with E-state index in [2.05, 4.69) is 5.32 Å². The lowest BCUT2D eigenvalue weighted by atomic mass is 9.99. The number of amides is 1. The molecule has 1 aliphatic heterocycles. The first-order chi connectivity index (χ1) is 9.86. The highest BCUT2D eigenvalue weighted by molar-refractivity contribution is 6.51. The van der Waals surface area contributed by atoms with Crippen molar-refractivity contribution in [3.8, 4) is 11.1 Å². The number of fused-ring (bicyclic) bond motifs is 1. The van der Waals surface area contributed by atoms with Crippen LogP contribution >= 0.6 is 0 Å². The summed E-state index contributed by atoms with van der Waals surface area (Å²) in [5, 5.41) is 2.39. The maximum atomic E-state index is 12.7. The lowest BCUT2D eigenvalue weighted by Gasteiger charge is -2.09. The van der Waals surface area contributed by atoms with Crippen molar-refractivity contribution in [1.82, 2.24) is 0 Å². The van der Waals surface area contributed by atoms with Crippen molar-refractivity contribution < 1.29 is 22.8 Å². The van der Waals surface area contributed by atoms with Crippen LogP contribution in [0.5, 0.6) is 0 Å². The minimum absolute atomic E-state index is 0.176. The molecule has 3 rings (SSSR count). The van der Waals surface area contributed by atoms with Gasteiger partial charge >= 0.3 is 6.18 Å². The molecule has 2 aromatic carbocycles. The SMILES string of the molecule is O=C1Nc2ccc(-c3cccc(C(F)(F)F)c3)cc2C1=O. The highest BCUT2D eigenvalue weighted by Gasteiger charge is 2.31. The smallest absolute Gasteiger partial charge is 0.318 e. The van der Waals surface area contributed by atoms with Crippen molar-refractivity contribution in [2.75, 3.05) is 5.32 Å². The van der Waals surface area contributed by atoms with Gasteiger partial charge in [0.25, 0.3) is 11.7 Å². The first-order valence-corrected chi connectivity index (χ1v) is 6.03. The number of anilines is 1. The largest absolute Gasteiger partial charge is 0.416 e. The van der Waals surface area contributed by atoms with Crippen molar-refractivity contribution in [2.24, 2.45) is 0 Å². The molecule has 3 nitrogen and oxygen atoms in total. The lowest BCUT2D eigenvalue weighted by molar-refractivity contribution is -0.137. The van der Waals surface area contributed by atoms with Gasteiger partial charge in [-0.2, -0.15) is 13.2 Å². The van der Waals surface area contributed by atoms with Crippen LogP contribution < -0.4 is 5.32 Å². The Morgan fingerprint density at radius 1 is 0.905 bits per heavy atom. The summed E-state index contributed by atoms with van der Waals surface area (Å²) in [5.74, 6) is -1.41. The van der Waals surface area contributed by atoms with Crippen LogP contribution in [0.1, 0.15) is 15.9 Å². The predicted octanol–water partition coefficient (Wildman–Crippen LogP) is 3.51. The minimum Gasteiger partial charge on any atom is -0.318 e. The lowest BCUT2D eigenvalue weighted by Crippen LogP contribution is -2.12. The molecule has 2 aromatic rings. The van der Waals surface area contributed by atoms with Crippen molar-refractivity contribution in [3.05, 3.63) is 53.6 Å². The minimum atomic E-state index is -4.43. The molecule has 1 aliphatic rings. The highest BCUT2D eigenvalue weighted by atomic mass is 19.4. The Balaban J connectivity index is 2.07. The van der Waals surface area contributed by atoms with Gasteiger partial charge in [-0.3, -0.25) is 9.59 Å². The number of benzene rings is 2. The monoisotopic (exact) mass is 291 g/mol. The van der Waals surface area contributed by atoms with Gasteiger partial charge in [-0.05, 0) is 35.4 Å². The van der Waals surface area contributed by atoms with E-state index >= 15 is 0 Å². The maximum absolute atomic E-state index is 12.7. The summed E-state index contributed by atoms with van der Waals surface area (Å²) in [5.41, 5.74) is 0.570. The molecular formula is C15H8F3NO2. The number of hydrogen-bond donors (Lipinski definition) is 1. The molecule has 6 heteroatoms. The summed E-state index contributed by atoms with van der Waals surface area (Å²) in [4.78, 5) is 22.9. The van der Waals surface area contributed by atoms with Gasteiger partial charge in [0.15, 0.2) is 0 Å². The number of carbonyl (C=O) groups excluding carboxylic acids is 2. The molecule has 0 fully saturated rings. The third-order valence-electron chi connectivity index (χ3n) is 3.24. The molecule has 106 valence electrons. The summed E-state index contributed by atoms with van der Waals surface area (Å²) >= 11 is 0. The summed E-state index contributed by atoms with van der Waals surface area (Å²) in [6, 6.07) is 9.30. The Labute approximate surface area is 117 Å². The van der Waals surface area contributed by atoms with E-state index in [4.69, 9.17) is 0 Å². The van der Waals surface area contributed by atoms with E-state index in [0.29, 0.717) is 16.8 Å². The zero-order chi connectivity index (χ0) is 15.2. The Kier molecular flexibility index (Phi) is 2.83. The number of alkyl halides is 3. The van der Waals surface area contributed by atoms with Crippen molar-refractivity contribution >= 4 is 17.4 Å². The second kappa shape index (κ2) is 4.44. The van der Waals surface area contributed by atoms with Crippen LogP contribution in [0, 0.1) is 0 Å². The standard InChI is InChI=1S/C15H8F3NO2/c16-15(17,18)10-3-1-2-8(6-10)9-4-5-12-11(7-9)13(20)14(21)19-12/h1-7H,(H,19,20,21).